The van der Waals surface area contributed by atoms with Gasteiger partial charge in [-0.1, -0.05) is 17.3 Å². The third-order valence-electron chi connectivity index (χ3n) is 3.74. The summed E-state index contributed by atoms with van der Waals surface area (Å²) in [6.07, 6.45) is 0. The van der Waals surface area contributed by atoms with E-state index in [2.05, 4.69) is 5.16 Å². The second-order valence-electron chi connectivity index (χ2n) is 5.32. The Balaban J connectivity index is 2.13. The van der Waals surface area contributed by atoms with Crippen LogP contribution in [-0.2, 0) is 10.0 Å². The van der Waals surface area contributed by atoms with E-state index in [4.69, 9.17) is 19.1 Å². The molecule has 0 atom stereocenters. The molecule has 2 N–H and O–H groups in total. The Kier molecular flexibility index (Phi) is 4.66. The predicted octanol–water partition coefficient (Wildman–Crippen LogP) is 2.81. The summed E-state index contributed by atoms with van der Waals surface area (Å²) in [4.78, 5) is -0.0336. The van der Waals surface area contributed by atoms with Crippen molar-refractivity contribution in [3.8, 4) is 34.1 Å². The van der Waals surface area contributed by atoms with Crippen LogP contribution in [-0.4, -0.2) is 27.8 Å². The van der Waals surface area contributed by atoms with Crippen LogP contribution in [0.1, 0.15) is 0 Å². The number of hydrogen-bond donors (Lipinski definition) is 1. The molecule has 0 spiro atoms. The van der Waals surface area contributed by atoms with Crippen LogP contribution in [0.3, 0.4) is 0 Å². The van der Waals surface area contributed by atoms with Crippen molar-refractivity contribution in [1.29, 1.82) is 0 Å². The van der Waals surface area contributed by atoms with Gasteiger partial charge in [-0.2, -0.15) is 0 Å². The molecule has 0 unspecified atom stereocenters. The Morgan fingerprint density at radius 2 is 1.69 bits per heavy atom. The van der Waals surface area contributed by atoms with Gasteiger partial charge >= 0.3 is 5.95 Å². The summed E-state index contributed by atoms with van der Waals surface area (Å²) in [5.74, 6) is -0.342. The molecule has 0 amide bonds. The van der Waals surface area contributed by atoms with Gasteiger partial charge in [-0.15, -0.1) is 0 Å². The molecule has 0 fully saturated rings. The minimum atomic E-state index is -3.81. The summed E-state index contributed by atoms with van der Waals surface area (Å²) in [7, 11) is -1.04. The average Bonchev–Trinajstić information content (AvgIpc) is 3.05. The van der Waals surface area contributed by atoms with E-state index in [1.165, 1.54) is 50.6 Å². The third kappa shape index (κ3) is 3.26. The van der Waals surface area contributed by atoms with Crippen molar-refractivity contribution < 1.29 is 26.8 Å². The lowest BCUT2D eigenvalue weighted by Crippen LogP contribution is -2.11. The molecule has 136 valence electrons. The maximum absolute atomic E-state index is 14.0. The van der Waals surface area contributed by atoms with Crippen LogP contribution >= 0.6 is 0 Å². The highest BCUT2D eigenvalue weighted by Gasteiger charge is 2.21. The van der Waals surface area contributed by atoms with Gasteiger partial charge in [-0.05, 0) is 35.9 Å². The minimum absolute atomic E-state index is 0.0336. The summed E-state index contributed by atoms with van der Waals surface area (Å²) in [5, 5.41) is 9.06. The second-order valence-corrected chi connectivity index (χ2v) is 6.88. The zero-order chi connectivity index (χ0) is 18.9. The highest BCUT2D eigenvalue weighted by Crippen LogP contribution is 2.40. The Morgan fingerprint density at radius 1 is 1.04 bits per heavy atom. The van der Waals surface area contributed by atoms with E-state index < -0.39 is 15.8 Å². The number of aromatic nitrogens is 1. The molecule has 0 radical (unpaired) electrons. The minimum Gasteiger partial charge on any atom is -0.494 e. The fraction of sp³-hybridized carbons (Fsp3) is 0.118. The van der Waals surface area contributed by atoms with E-state index in [0.717, 1.165) is 0 Å². The highest BCUT2D eigenvalue weighted by atomic mass is 32.2. The highest BCUT2D eigenvalue weighted by molar-refractivity contribution is 7.89. The third-order valence-corrected chi connectivity index (χ3v) is 4.67. The molecule has 0 aliphatic carbocycles. The number of rotatable bonds is 5. The number of sulfonamides is 1. The monoisotopic (exact) mass is 378 g/mol. The maximum Gasteiger partial charge on any atom is 0.319 e. The summed E-state index contributed by atoms with van der Waals surface area (Å²) in [6, 6.07) is 10.2. The molecule has 26 heavy (non-hydrogen) atoms. The van der Waals surface area contributed by atoms with Crippen molar-refractivity contribution in [3.63, 3.8) is 0 Å². The standard InChI is InChI=1S/C17H15FN2O5S/c1-23-14-8-5-11(9-13(14)18)16-15(17(24-2)25-20-16)10-3-6-12(7-4-10)26(19,21)22/h3-9H,1-2H3,(H2,19,21,22). The number of hydrogen-bond acceptors (Lipinski definition) is 6. The molecule has 3 rings (SSSR count). The molecule has 0 aliphatic heterocycles. The van der Waals surface area contributed by atoms with Crippen molar-refractivity contribution in [1.82, 2.24) is 5.16 Å². The first-order chi connectivity index (χ1) is 12.3. The first-order valence-corrected chi connectivity index (χ1v) is 8.90. The molecule has 7 nitrogen and oxygen atoms in total. The zero-order valence-electron chi connectivity index (χ0n) is 13.9. The number of halogens is 1. The maximum atomic E-state index is 14.0. The van der Waals surface area contributed by atoms with Crippen molar-refractivity contribution >= 4 is 10.0 Å². The van der Waals surface area contributed by atoms with Gasteiger partial charge in [0.25, 0.3) is 0 Å². The summed E-state index contributed by atoms with van der Waals surface area (Å²) < 4.78 is 52.1. The lowest BCUT2D eigenvalue weighted by molar-refractivity contribution is 0.262. The van der Waals surface area contributed by atoms with Crippen LogP contribution < -0.4 is 14.6 Å². The SMILES string of the molecule is COc1ccc(-c2noc(OC)c2-c2ccc(S(N)(=O)=O)cc2)cc1F. The smallest absolute Gasteiger partial charge is 0.319 e. The van der Waals surface area contributed by atoms with Crippen molar-refractivity contribution in [2.45, 2.75) is 4.90 Å². The molecule has 3 aromatic rings. The predicted molar refractivity (Wildman–Crippen MR) is 91.8 cm³/mol. The van der Waals surface area contributed by atoms with E-state index in [0.29, 0.717) is 22.4 Å². The molecule has 0 saturated carbocycles. The molecule has 0 bridgehead atoms. The first-order valence-electron chi connectivity index (χ1n) is 7.36. The summed E-state index contributed by atoms with van der Waals surface area (Å²) >= 11 is 0. The van der Waals surface area contributed by atoms with Crippen molar-refractivity contribution in [2.24, 2.45) is 5.14 Å². The van der Waals surface area contributed by atoms with Crippen LogP contribution in [0.4, 0.5) is 4.39 Å². The normalized spacial score (nSPS) is 11.4. The number of primary sulfonamides is 1. The zero-order valence-corrected chi connectivity index (χ0v) is 14.7. The van der Waals surface area contributed by atoms with Crippen LogP contribution in [0, 0.1) is 5.82 Å². The number of nitrogens with zero attached hydrogens (tertiary/aromatic N) is 1. The van der Waals surface area contributed by atoms with Gasteiger partial charge < -0.3 is 14.0 Å². The van der Waals surface area contributed by atoms with Gasteiger partial charge in [0, 0.05) is 5.56 Å². The van der Waals surface area contributed by atoms with Gasteiger partial charge in [0.2, 0.25) is 10.0 Å². The largest absolute Gasteiger partial charge is 0.494 e. The van der Waals surface area contributed by atoms with Gasteiger partial charge in [0.1, 0.15) is 5.69 Å². The van der Waals surface area contributed by atoms with E-state index in [1.54, 1.807) is 6.07 Å². The van der Waals surface area contributed by atoms with Crippen LogP contribution in [0.2, 0.25) is 0 Å². The molecule has 2 aromatic carbocycles. The number of nitrogens with two attached hydrogens (primary N) is 1. The molecule has 0 aliphatic rings. The number of ether oxygens (including phenoxy) is 2. The second kappa shape index (κ2) is 6.77. The first kappa shape index (κ1) is 17.9. The van der Waals surface area contributed by atoms with Crippen LogP contribution in [0.5, 0.6) is 11.7 Å². The Morgan fingerprint density at radius 3 is 2.23 bits per heavy atom. The van der Waals surface area contributed by atoms with Crippen molar-refractivity contribution in [3.05, 3.63) is 48.3 Å². The lowest BCUT2D eigenvalue weighted by atomic mass is 10.0. The molecular formula is C17H15FN2O5S. The Labute approximate surface area is 149 Å². The van der Waals surface area contributed by atoms with Gasteiger partial charge in [-0.25, -0.2) is 17.9 Å². The molecule has 0 saturated heterocycles. The molecular weight excluding hydrogens is 363 g/mol. The number of methoxy groups -OCH3 is 2. The molecule has 9 heteroatoms. The van der Waals surface area contributed by atoms with Crippen molar-refractivity contribution in [2.75, 3.05) is 14.2 Å². The Hall–Kier alpha value is -2.91. The Bertz CT molecular complexity index is 1050. The van der Waals surface area contributed by atoms with Gasteiger partial charge in [0.15, 0.2) is 11.6 Å². The molecule has 1 aromatic heterocycles. The van der Waals surface area contributed by atoms with Gasteiger partial charge in [-0.3, -0.25) is 0 Å². The van der Waals surface area contributed by atoms with Crippen LogP contribution in [0.15, 0.2) is 51.9 Å². The fourth-order valence-corrected chi connectivity index (χ4v) is 3.01. The van der Waals surface area contributed by atoms with Gasteiger partial charge in [0.05, 0.1) is 24.7 Å². The average molecular weight is 378 g/mol. The lowest BCUT2D eigenvalue weighted by Gasteiger charge is -2.07. The quantitative estimate of drug-likeness (QED) is 0.732. The number of benzene rings is 2. The van der Waals surface area contributed by atoms with Crippen LogP contribution in [0.25, 0.3) is 22.4 Å². The van der Waals surface area contributed by atoms with E-state index in [-0.39, 0.29) is 16.6 Å². The topological polar surface area (TPSA) is 105 Å². The summed E-state index contributed by atoms with van der Waals surface area (Å²) in [5.41, 5.74) is 1.81. The fourth-order valence-electron chi connectivity index (χ4n) is 2.49. The molecule has 1 heterocycles. The van der Waals surface area contributed by atoms with E-state index >= 15 is 0 Å². The van der Waals surface area contributed by atoms with E-state index in [1.807, 2.05) is 0 Å². The summed E-state index contributed by atoms with van der Waals surface area (Å²) in [6.45, 7) is 0. The van der Waals surface area contributed by atoms with E-state index in [9.17, 15) is 12.8 Å².